The summed E-state index contributed by atoms with van der Waals surface area (Å²) < 4.78 is 74.9. The minimum atomic E-state index is -4.53. The van der Waals surface area contributed by atoms with Crippen LogP contribution in [0.5, 0.6) is 0 Å². The lowest BCUT2D eigenvalue weighted by Gasteiger charge is -2.34. The first kappa shape index (κ1) is 23.5. The van der Waals surface area contributed by atoms with Crippen molar-refractivity contribution >= 4 is 36.0 Å². The van der Waals surface area contributed by atoms with Crippen molar-refractivity contribution in [1.82, 2.24) is 8.23 Å². The molecule has 1 rings (SSSR count). The molecule has 0 saturated carbocycles. The summed E-state index contributed by atoms with van der Waals surface area (Å²) in [6.45, 7) is 1.35. The van der Waals surface area contributed by atoms with Crippen molar-refractivity contribution in [2.75, 3.05) is 12.5 Å². The predicted octanol–water partition coefficient (Wildman–Crippen LogP) is -0.142. The van der Waals surface area contributed by atoms with E-state index in [9.17, 15) is 30.0 Å². The summed E-state index contributed by atoms with van der Waals surface area (Å²) >= 11 is 0. The van der Waals surface area contributed by atoms with Crippen LogP contribution in [0.2, 0.25) is 0 Å². The second kappa shape index (κ2) is 8.65. The van der Waals surface area contributed by atoms with E-state index in [0.29, 0.717) is 16.9 Å². The van der Waals surface area contributed by atoms with Crippen molar-refractivity contribution < 1.29 is 30.0 Å². The molecule has 0 aliphatic rings. The number of hydrogen-bond acceptors (Lipinski definition) is 7. The normalized spacial score (nSPS) is 14.4. The monoisotopic (exact) mass is 441 g/mol. The maximum absolute atomic E-state index is 13.1. The maximum Gasteiger partial charge on any atom is 0.258 e. The molecule has 0 radical (unpaired) electrons. The van der Waals surface area contributed by atoms with Crippen LogP contribution in [0.1, 0.15) is 26.2 Å². The summed E-state index contributed by atoms with van der Waals surface area (Å²) in [6, 6.07) is 5.77. The van der Waals surface area contributed by atoms with Gasteiger partial charge in [-0.05, 0) is 35.7 Å². The lowest BCUT2D eigenvalue weighted by atomic mass is 10.1. The minimum Gasteiger partial charge on any atom is -0.370 e. The van der Waals surface area contributed by atoms with E-state index < -0.39 is 42.0 Å². The number of carbonyl (C=O) groups excluding carboxylic acids is 1. The Morgan fingerprint density at radius 3 is 1.89 bits per heavy atom. The molecule has 1 atom stereocenters. The third-order valence-electron chi connectivity index (χ3n) is 3.44. The molecule has 10 nitrogen and oxygen atoms in total. The summed E-state index contributed by atoms with van der Waals surface area (Å²) in [5.74, 6) is -0.609. The zero-order valence-corrected chi connectivity index (χ0v) is 17.6. The number of sulfonamides is 3. The summed E-state index contributed by atoms with van der Waals surface area (Å²) in [4.78, 5) is 10.6. The largest absolute Gasteiger partial charge is 0.370 e. The number of hydrazine groups is 1. The molecule has 1 aromatic carbocycles. The van der Waals surface area contributed by atoms with E-state index >= 15 is 0 Å². The van der Waals surface area contributed by atoms with Crippen LogP contribution in [0.4, 0.5) is 0 Å². The van der Waals surface area contributed by atoms with E-state index in [1.165, 1.54) is 31.2 Å². The molecule has 1 amide bonds. The Kier molecular flexibility index (Phi) is 7.52. The maximum atomic E-state index is 13.1. The molecule has 0 bridgehead atoms. The van der Waals surface area contributed by atoms with E-state index in [2.05, 4.69) is 0 Å². The molecule has 0 saturated heterocycles. The summed E-state index contributed by atoms with van der Waals surface area (Å²) in [5.41, 5.74) is 5.06. The van der Waals surface area contributed by atoms with Crippen LogP contribution in [0, 0.1) is 0 Å². The molecule has 1 unspecified atom stereocenters. The van der Waals surface area contributed by atoms with Crippen LogP contribution in [-0.4, -0.2) is 57.9 Å². The topological polar surface area (TPSA) is 152 Å². The molecule has 0 aliphatic heterocycles. The Morgan fingerprint density at radius 2 is 1.48 bits per heavy atom. The highest BCUT2D eigenvalue weighted by atomic mass is 32.3. The van der Waals surface area contributed by atoms with Gasteiger partial charge in [-0.1, -0.05) is 18.2 Å². The van der Waals surface area contributed by atoms with E-state index in [1.54, 1.807) is 6.07 Å². The summed E-state index contributed by atoms with van der Waals surface area (Å²) in [6.07, 6.45) is 1.30. The molecule has 1 aromatic rings. The van der Waals surface area contributed by atoms with Gasteiger partial charge >= 0.3 is 0 Å². The van der Waals surface area contributed by atoms with Crippen LogP contribution < -0.4 is 5.73 Å². The second-order valence-corrected chi connectivity index (χ2v) is 11.7. The van der Waals surface area contributed by atoms with Gasteiger partial charge in [0.05, 0.1) is 17.4 Å². The van der Waals surface area contributed by atoms with Gasteiger partial charge in [0.2, 0.25) is 26.0 Å². The van der Waals surface area contributed by atoms with Crippen LogP contribution in [0.3, 0.4) is 0 Å². The fourth-order valence-electron chi connectivity index (χ4n) is 2.41. The fraction of sp³-hybridized carbons (Fsp3) is 0.500. The number of amides is 1. The first-order chi connectivity index (χ1) is 12.2. The van der Waals surface area contributed by atoms with Gasteiger partial charge in [-0.25, -0.2) is 25.3 Å². The van der Waals surface area contributed by atoms with Crippen LogP contribution in [0.15, 0.2) is 35.2 Å². The second-order valence-electron chi connectivity index (χ2n) is 6.00. The Balaban J connectivity index is 3.55. The van der Waals surface area contributed by atoms with Gasteiger partial charge in [0, 0.05) is 12.5 Å². The number of carbonyl (C=O) groups is 1. The Labute approximate surface area is 160 Å². The van der Waals surface area contributed by atoms with Crippen molar-refractivity contribution in [3.05, 3.63) is 30.3 Å². The Bertz CT molecular complexity index is 942. The molecular weight excluding hydrogens is 418 g/mol. The number of nitrogens with two attached hydrogens (primary N) is 1. The van der Waals surface area contributed by atoms with Crippen molar-refractivity contribution in [3.8, 4) is 0 Å². The SMILES string of the molecule is CC(CCCC(N)=O)N(N(S(C)(=O)=O)S(C)(=O)=O)S(=O)(=O)c1ccccc1. The molecule has 27 heavy (non-hydrogen) atoms. The first-order valence-electron chi connectivity index (χ1n) is 7.77. The van der Waals surface area contributed by atoms with Gasteiger partial charge in [0.1, 0.15) is 0 Å². The smallest absolute Gasteiger partial charge is 0.258 e. The highest BCUT2D eigenvalue weighted by Crippen LogP contribution is 2.26. The predicted molar refractivity (Wildman–Crippen MR) is 99.5 cm³/mol. The Morgan fingerprint density at radius 1 is 1.00 bits per heavy atom. The average molecular weight is 442 g/mol. The average Bonchev–Trinajstić information content (AvgIpc) is 2.50. The van der Waals surface area contributed by atoms with Gasteiger partial charge in [-0.15, -0.1) is 4.41 Å². The van der Waals surface area contributed by atoms with Crippen LogP contribution >= 0.6 is 0 Å². The highest BCUT2D eigenvalue weighted by molar-refractivity contribution is 8.04. The third-order valence-corrected chi connectivity index (χ3v) is 8.64. The van der Waals surface area contributed by atoms with Gasteiger partial charge < -0.3 is 5.73 Å². The number of nitrogens with zero attached hydrogens (tertiary/aromatic N) is 2. The lowest BCUT2D eigenvalue weighted by molar-refractivity contribution is -0.118. The fourth-order valence-corrected chi connectivity index (χ4v) is 8.01. The van der Waals surface area contributed by atoms with Gasteiger partial charge in [-0.3, -0.25) is 4.79 Å². The van der Waals surface area contributed by atoms with Crippen LogP contribution in [0.25, 0.3) is 0 Å². The van der Waals surface area contributed by atoms with Gasteiger partial charge in [-0.2, -0.15) is 0 Å². The minimum absolute atomic E-state index is 0.0105. The van der Waals surface area contributed by atoms with Crippen molar-refractivity contribution in [3.63, 3.8) is 0 Å². The number of primary amides is 1. The molecule has 0 spiro atoms. The zero-order chi connectivity index (χ0) is 21.0. The number of benzene rings is 1. The van der Waals surface area contributed by atoms with Gasteiger partial charge in [0.25, 0.3) is 10.0 Å². The highest BCUT2D eigenvalue weighted by Gasteiger charge is 2.44. The summed E-state index contributed by atoms with van der Waals surface area (Å²) in [5, 5.41) is 0. The first-order valence-corrected chi connectivity index (χ1v) is 12.9. The van der Waals surface area contributed by atoms with Crippen molar-refractivity contribution in [2.45, 2.75) is 37.1 Å². The molecule has 0 fully saturated rings. The molecule has 0 aromatic heterocycles. The van der Waals surface area contributed by atoms with Crippen molar-refractivity contribution in [1.29, 1.82) is 0 Å². The molecular formula is C14H23N3O7S3. The lowest BCUT2D eigenvalue weighted by Crippen LogP contribution is -2.55. The standard InChI is InChI=1S/C14H23N3O7S3/c1-12(8-7-11-14(15)18)16(17(25(2,19)20)26(3,21)22)27(23,24)13-9-5-4-6-10-13/h4-6,9-10,12H,7-8,11H2,1-3H3,(H2,15,18). The zero-order valence-electron chi connectivity index (χ0n) is 15.1. The van der Waals surface area contributed by atoms with E-state index in [4.69, 9.17) is 5.73 Å². The van der Waals surface area contributed by atoms with E-state index in [1.807, 2.05) is 0 Å². The molecule has 0 heterocycles. The van der Waals surface area contributed by atoms with Crippen molar-refractivity contribution in [2.24, 2.45) is 5.73 Å². The third kappa shape index (κ3) is 6.24. The summed E-state index contributed by atoms with van der Waals surface area (Å²) in [7, 11) is -13.5. The number of hydrogen-bond donors (Lipinski definition) is 1. The Hall–Kier alpha value is -1.54. The van der Waals surface area contributed by atoms with E-state index in [-0.39, 0.29) is 28.0 Å². The molecule has 154 valence electrons. The number of rotatable bonds is 10. The molecule has 2 N–H and O–H groups in total. The quantitative estimate of drug-likeness (QED) is 0.496. The van der Waals surface area contributed by atoms with Crippen LogP contribution in [-0.2, 0) is 34.9 Å². The van der Waals surface area contributed by atoms with Gasteiger partial charge in [0.15, 0.2) is 0 Å². The molecule has 13 heteroatoms. The molecule has 0 aliphatic carbocycles. The van der Waals surface area contributed by atoms with E-state index in [0.717, 1.165) is 0 Å².